The Hall–Kier alpha value is -0.370. The molecule has 1 fully saturated rings. The van der Waals surface area contributed by atoms with Crippen LogP contribution in [0.1, 0.15) is 12.8 Å². The van der Waals surface area contributed by atoms with Gasteiger partial charge < -0.3 is 0 Å². The number of ketones is 1. The number of halogens is 1. The summed E-state index contributed by atoms with van der Waals surface area (Å²) in [4.78, 5) is 20.5. The number of hydrogen-bond donors (Lipinski definition) is 0. The first kappa shape index (κ1) is 5.76. The maximum atomic E-state index is 10.4. The van der Waals surface area contributed by atoms with Crippen molar-refractivity contribution in [1.29, 1.82) is 0 Å². The third-order valence-electron chi connectivity index (χ3n) is 1.14. The Labute approximate surface area is 51.8 Å². The second-order valence-electron chi connectivity index (χ2n) is 1.91. The van der Waals surface area contributed by atoms with E-state index in [1.165, 1.54) is 0 Å². The van der Waals surface area contributed by atoms with Crippen molar-refractivity contribution in [3.8, 4) is 0 Å². The minimum atomic E-state index is -0.812. The van der Waals surface area contributed by atoms with Gasteiger partial charge in [0.05, 0.1) is 0 Å². The van der Waals surface area contributed by atoms with Crippen LogP contribution in [0.15, 0.2) is 0 Å². The van der Waals surface area contributed by atoms with Crippen molar-refractivity contribution in [3.05, 3.63) is 0 Å². The van der Waals surface area contributed by atoms with Gasteiger partial charge in [-0.3, -0.25) is 9.59 Å². The lowest BCUT2D eigenvalue weighted by Crippen LogP contribution is -2.07. The molecule has 0 bridgehead atoms. The van der Waals surface area contributed by atoms with Crippen LogP contribution in [-0.2, 0) is 9.59 Å². The largest absolute Gasteiger partial charge is 0.289 e. The van der Waals surface area contributed by atoms with Crippen molar-refractivity contribution in [2.45, 2.75) is 12.8 Å². The fourth-order valence-corrected chi connectivity index (χ4v) is 0.660. The van der Waals surface area contributed by atoms with Gasteiger partial charge in [0.2, 0.25) is 5.78 Å². The molecular weight excluding hydrogens is 128 g/mol. The molecule has 0 aliphatic heterocycles. The summed E-state index contributed by atoms with van der Waals surface area (Å²) in [6, 6.07) is 0. The lowest BCUT2D eigenvalue weighted by molar-refractivity contribution is -0.132. The molecule has 0 aromatic carbocycles. The van der Waals surface area contributed by atoms with E-state index < -0.39 is 11.0 Å². The standard InChI is InChI=1S/C5H5ClO2/c6-5(8)4(7)3-1-2-3/h3H,1-2H2. The quantitative estimate of drug-likeness (QED) is 0.410. The van der Waals surface area contributed by atoms with Gasteiger partial charge >= 0.3 is 0 Å². The van der Waals surface area contributed by atoms with E-state index in [0.717, 1.165) is 12.8 Å². The topological polar surface area (TPSA) is 34.1 Å². The molecule has 8 heavy (non-hydrogen) atoms. The van der Waals surface area contributed by atoms with Gasteiger partial charge in [-0.05, 0) is 24.4 Å². The molecule has 1 saturated carbocycles. The molecule has 0 heterocycles. The second-order valence-corrected chi connectivity index (χ2v) is 2.26. The third kappa shape index (κ3) is 1.07. The van der Waals surface area contributed by atoms with Crippen LogP contribution in [-0.4, -0.2) is 11.0 Å². The summed E-state index contributed by atoms with van der Waals surface area (Å²) in [5.74, 6) is -0.438. The van der Waals surface area contributed by atoms with Crippen molar-refractivity contribution >= 4 is 22.6 Å². The van der Waals surface area contributed by atoms with Crippen LogP contribution >= 0.6 is 11.6 Å². The Kier molecular flexibility index (Phi) is 1.34. The van der Waals surface area contributed by atoms with E-state index in [1.807, 2.05) is 0 Å². The maximum absolute atomic E-state index is 10.4. The van der Waals surface area contributed by atoms with E-state index in [4.69, 9.17) is 11.6 Å². The smallest absolute Gasteiger partial charge is 0.288 e. The van der Waals surface area contributed by atoms with Gasteiger partial charge in [0.25, 0.3) is 5.24 Å². The Balaban J connectivity index is 2.45. The Morgan fingerprint density at radius 3 is 2.00 bits per heavy atom. The maximum Gasteiger partial charge on any atom is 0.288 e. The van der Waals surface area contributed by atoms with Crippen LogP contribution in [0.4, 0.5) is 0 Å². The molecule has 0 aromatic rings. The lowest BCUT2D eigenvalue weighted by Gasteiger charge is -1.82. The van der Waals surface area contributed by atoms with Gasteiger partial charge in [-0.2, -0.15) is 0 Å². The number of carbonyl (C=O) groups is 2. The molecule has 2 nitrogen and oxygen atoms in total. The molecule has 0 saturated heterocycles. The molecule has 0 unspecified atom stereocenters. The molecule has 1 rings (SSSR count). The van der Waals surface area contributed by atoms with Gasteiger partial charge in [0, 0.05) is 5.92 Å². The molecule has 0 radical (unpaired) electrons. The van der Waals surface area contributed by atoms with Crippen LogP contribution in [0.25, 0.3) is 0 Å². The van der Waals surface area contributed by atoms with Gasteiger partial charge in [0.1, 0.15) is 0 Å². The molecule has 44 valence electrons. The fourth-order valence-electron chi connectivity index (χ4n) is 0.506. The highest BCUT2D eigenvalue weighted by Crippen LogP contribution is 2.30. The highest BCUT2D eigenvalue weighted by Gasteiger charge is 2.32. The van der Waals surface area contributed by atoms with Gasteiger partial charge in [-0.15, -0.1) is 0 Å². The van der Waals surface area contributed by atoms with Gasteiger partial charge in [-0.25, -0.2) is 0 Å². The highest BCUT2D eigenvalue weighted by molar-refractivity contribution is 6.81. The minimum Gasteiger partial charge on any atom is -0.289 e. The van der Waals surface area contributed by atoms with Gasteiger partial charge in [-0.1, -0.05) is 0 Å². The van der Waals surface area contributed by atoms with Crippen LogP contribution in [0, 0.1) is 5.92 Å². The molecule has 0 spiro atoms. The lowest BCUT2D eigenvalue weighted by atomic mass is 10.3. The zero-order chi connectivity index (χ0) is 6.15. The third-order valence-corrected chi connectivity index (χ3v) is 1.33. The van der Waals surface area contributed by atoms with E-state index in [2.05, 4.69) is 0 Å². The fraction of sp³-hybridized carbons (Fsp3) is 0.600. The number of rotatable bonds is 2. The van der Waals surface area contributed by atoms with E-state index in [9.17, 15) is 9.59 Å². The predicted octanol–water partition coefficient (Wildman–Crippen LogP) is 0.731. The number of carbonyl (C=O) groups excluding carboxylic acids is 2. The molecule has 3 heteroatoms. The molecule has 1 aliphatic rings. The Morgan fingerprint density at radius 2 is 1.88 bits per heavy atom. The summed E-state index contributed by atoms with van der Waals surface area (Å²) in [6.07, 6.45) is 1.69. The van der Waals surface area contributed by atoms with Crippen molar-refractivity contribution in [2.75, 3.05) is 0 Å². The van der Waals surface area contributed by atoms with E-state index in [0.29, 0.717) is 0 Å². The van der Waals surface area contributed by atoms with Gasteiger partial charge in [0.15, 0.2) is 0 Å². The SMILES string of the molecule is O=C(Cl)C(=O)C1CC1. The Bertz CT molecular complexity index is 137. The number of Topliss-reactive ketones (excluding diaryl/α,β-unsaturated/α-hetero) is 1. The molecule has 0 atom stereocenters. The van der Waals surface area contributed by atoms with Crippen LogP contribution in [0.5, 0.6) is 0 Å². The van der Waals surface area contributed by atoms with E-state index in [1.54, 1.807) is 0 Å². The average Bonchev–Trinajstić information content (AvgIpc) is 2.43. The van der Waals surface area contributed by atoms with Crippen LogP contribution in [0.2, 0.25) is 0 Å². The van der Waals surface area contributed by atoms with Crippen LogP contribution < -0.4 is 0 Å². The summed E-state index contributed by atoms with van der Waals surface area (Å²) in [5.41, 5.74) is 0. The summed E-state index contributed by atoms with van der Waals surface area (Å²) in [6.45, 7) is 0. The first-order chi connectivity index (χ1) is 3.72. The Morgan fingerprint density at radius 1 is 1.38 bits per heavy atom. The second kappa shape index (κ2) is 1.86. The summed E-state index contributed by atoms with van der Waals surface area (Å²) in [5, 5.41) is -0.812. The zero-order valence-electron chi connectivity index (χ0n) is 4.19. The van der Waals surface area contributed by atoms with E-state index >= 15 is 0 Å². The first-order valence-electron chi connectivity index (χ1n) is 2.45. The summed E-state index contributed by atoms with van der Waals surface area (Å²) >= 11 is 4.87. The first-order valence-corrected chi connectivity index (χ1v) is 2.83. The molecule has 0 aromatic heterocycles. The van der Waals surface area contributed by atoms with E-state index in [-0.39, 0.29) is 5.92 Å². The molecule has 1 aliphatic carbocycles. The van der Waals surface area contributed by atoms with Crippen molar-refractivity contribution in [3.63, 3.8) is 0 Å². The minimum absolute atomic E-state index is 0.0278. The number of hydrogen-bond acceptors (Lipinski definition) is 2. The zero-order valence-corrected chi connectivity index (χ0v) is 4.94. The highest BCUT2D eigenvalue weighted by atomic mass is 35.5. The normalized spacial score (nSPS) is 18.1. The molecule has 0 N–H and O–H groups in total. The van der Waals surface area contributed by atoms with Crippen LogP contribution in [0.3, 0.4) is 0 Å². The van der Waals surface area contributed by atoms with Crippen molar-refractivity contribution in [2.24, 2.45) is 5.92 Å². The summed E-state index contributed by atoms with van der Waals surface area (Å²) in [7, 11) is 0. The molecule has 0 amide bonds. The molecular formula is C5H5ClO2. The van der Waals surface area contributed by atoms with Crippen molar-refractivity contribution < 1.29 is 9.59 Å². The monoisotopic (exact) mass is 132 g/mol. The van der Waals surface area contributed by atoms with Crippen molar-refractivity contribution in [1.82, 2.24) is 0 Å². The summed E-state index contributed by atoms with van der Waals surface area (Å²) < 4.78 is 0. The average molecular weight is 133 g/mol. The predicted molar refractivity (Wildman–Crippen MR) is 28.6 cm³/mol.